The van der Waals surface area contributed by atoms with E-state index < -0.39 is 41.9 Å². The number of anilines is 1. The molecule has 44 heavy (non-hydrogen) atoms. The third-order valence-corrected chi connectivity index (χ3v) is 7.90. The second-order valence-electron chi connectivity index (χ2n) is 10.6. The number of benzene rings is 3. The van der Waals surface area contributed by atoms with Crippen molar-refractivity contribution < 1.29 is 41.3 Å². The van der Waals surface area contributed by atoms with Crippen LogP contribution in [0.2, 0.25) is 0 Å². The van der Waals surface area contributed by atoms with Gasteiger partial charge in [0.05, 0.1) is 33.6 Å². The van der Waals surface area contributed by atoms with Gasteiger partial charge < -0.3 is 18.9 Å². The van der Waals surface area contributed by atoms with Gasteiger partial charge in [-0.1, -0.05) is 44.2 Å². The van der Waals surface area contributed by atoms with E-state index in [4.69, 9.17) is 18.9 Å². The minimum Gasteiger partial charge on any atom is -0.496 e. The van der Waals surface area contributed by atoms with Crippen LogP contribution in [0.15, 0.2) is 72.1 Å². The van der Waals surface area contributed by atoms with E-state index in [1.807, 2.05) is 0 Å². The summed E-state index contributed by atoms with van der Waals surface area (Å²) in [7, 11) is 4.30. The van der Waals surface area contributed by atoms with Crippen LogP contribution in [0.5, 0.6) is 17.2 Å². The van der Waals surface area contributed by atoms with Gasteiger partial charge in [-0.15, -0.1) is 11.3 Å². The molecule has 0 spiro atoms. The normalized spacial score (nSPS) is 13.2. The zero-order chi connectivity index (χ0) is 32.1. The SMILES string of the molecule is COc1ccc(-c2csc(NC(=O)C(CC(C)(C)c3cc(F)ccc3OC)(OCc3ccccc3)C(F)(F)F)n2)cc1OC. The van der Waals surface area contributed by atoms with Gasteiger partial charge in [-0.05, 0) is 47.4 Å². The van der Waals surface area contributed by atoms with Crippen molar-refractivity contribution in [3.8, 4) is 28.5 Å². The van der Waals surface area contributed by atoms with Crippen LogP contribution in [0.1, 0.15) is 31.4 Å². The summed E-state index contributed by atoms with van der Waals surface area (Å²) in [5.74, 6) is -1.02. The number of aromatic nitrogens is 1. The number of thiazole rings is 1. The first-order chi connectivity index (χ1) is 20.8. The molecule has 4 rings (SSSR count). The molecule has 1 aromatic heterocycles. The second-order valence-corrected chi connectivity index (χ2v) is 11.4. The molecule has 0 bridgehead atoms. The fraction of sp³-hybridized carbons (Fsp3) is 0.312. The lowest BCUT2D eigenvalue weighted by Gasteiger charge is -2.40. The topological polar surface area (TPSA) is 78.9 Å². The molecule has 1 N–H and O–H groups in total. The number of halogens is 4. The average molecular weight is 633 g/mol. The Balaban J connectivity index is 1.73. The van der Waals surface area contributed by atoms with E-state index in [0.717, 1.165) is 23.5 Å². The Morgan fingerprint density at radius 1 is 0.886 bits per heavy atom. The molecule has 4 aromatic rings. The van der Waals surface area contributed by atoms with E-state index in [0.29, 0.717) is 28.3 Å². The number of amides is 1. The molecular weight excluding hydrogens is 600 g/mol. The standard InChI is InChI=1S/C32H32F4N2O5S/c1-30(2,23-16-22(33)12-14-25(23)40-3)19-31(32(34,35)36,43-17-20-9-7-6-8-10-20)28(39)38-29-37-24(18-44-29)21-11-13-26(41-4)27(15-21)42-5/h6-16,18H,17,19H2,1-5H3,(H,37,38,39). The Bertz CT molecular complexity index is 1590. The minimum atomic E-state index is -5.19. The van der Waals surface area contributed by atoms with Crippen molar-refractivity contribution in [2.75, 3.05) is 26.6 Å². The van der Waals surface area contributed by atoms with E-state index in [-0.39, 0.29) is 16.4 Å². The molecule has 0 saturated carbocycles. The smallest absolute Gasteiger partial charge is 0.426 e. The van der Waals surface area contributed by atoms with Crippen molar-refractivity contribution in [2.45, 2.75) is 44.1 Å². The van der Waals surface area contributed by atoms with Gasteiger partial charge in [0.2, 0.25) is 5.60 Å². The lowest BCUT2D eigenvalue weighted by Crippen LogP contribution is -2.59. The Hall–Kier alpha value is -4.16. The highest BCUT2D eigenvalue weighted by molar-refractivity contribution is 7.14. The lowest BCUT2D eigenvalue weighted by atomic mass is 9.74. The number of hydrogen-bond donors (Lipinski definition) is 1. The molecule has 7 nitrogen and oxygen atoms in total. The molecule has 0 aliphatic carbocycles. The molecule has 0 fully saturated rings. The molecule has 1 amide bonds. The molecule has 3 aromatic carbocycles. The van der Waals surface area contributed by atoms with Crippen molar-refractivity contribution >= 4 is 22.4 Å². The summed E-state index contributed by atoms with van der Waals surface area (Å²) in [6.07, 6.45) is -6.08. The zero-order valence-corrected chi connectivity index (χ0v) is 25.6. The molecule has 0 saturated heterocycles. The van der Waals surface area contributed by atoms with Gasteiger partial charge in [0, 0.05) is 22.9 Å². The summed E-state index contributed by atoms with van der Waals surface area (Å²) in [6, 6.07) is 16.8. The summed E-state index contributed by atoms with van der Waals surface area (Å²) in [5, 5.41) is 3.87. The number of carbonyl (C=O) groups excluding carboxylic acids is 1. The largest absolute Gasteiger partial charge is 0.496 e. The summed E-state index contributed by atoms with van der Waals surface area (Å²) in [5.41, 5.74) is -3.24. The molecule has 234 valence electrons. The van der Waals surface area contributed by atoms with E-state index in [1.165, 1.54) is 41.2 Å². The fourth-order valence-corrected chi connectivity index (χ4v) is 5.59. The van der Waals surface area contributed by atoms with Gasteiger partial charge in [-0.25, -0.2) is 9.37 Å². The van der Waals surface area contributed by atoms with Crippen molar-refractivity contribution in [1.82, 2.24) is 4.98 Å². The Labute approximate surface area is 256 Å². The first-order valence-electron chi connectivity index (χ1n) is 13.4. The van der Waals surface area contributed by atoms with E-state index in [1.54, 1.807) is 53.9 Å². The van der Waals surface area contributed by atoms with Crippen molar-refractivity contribution in [3.63, 3.8) is 0 Å². The maximum atomic E-state index is 15.2. The first-order valence-corrected chi connectivity index (χ1v) is 14.3. The monoisotopic (exact) mass is 632 g/mol. The van der Waals surface area contributed by atoms with E-state index in [9.17, 15) is 9.18 Å². The van der Waals surface area contributed by atoms with Gasteiger partial charge in [0.25, 0.3) is 5.91 Å². The number of nitrogens with zero attached hydrogens (tertiary/aromatic N) is 1. The van der Waals surface area contributed by atoms with Gasteiger partial charge in [0.1, 0.15) is 11.6 Å². The van der Waals surface area contributed by atoms with Crippen LogP contribution >= 0.6 is 11.3 Å². The van der Waals surface area contributed by atoms with Gasteiger partial charge in [-0.2, -0.15) is 13.2 Å². The number of alkyl halides is 3. The minimum absolute atomic E-state index is 0.0714. The number of methoxy groups -OCH3 is 3. The summed E-state index contributed by atoms with van der Waals surface area (Å²) < 4.78 is 81.5. The lowest BCUT2D eigenvalue weighted by molar-refractivity contribution is -0.274. The van der Waals surface area contributed by atoms with Crippen molar-refractivity contribution in [3.05, 3.63) is 89.1 Å². The molecule has 0 radical (unpaired) electrons. The van der Waals surface area contributed by atoms with Gasteiger partial charge in [-0.3, -0.25) is 10.1 Å². The van der Waals surface area contributed by atoms with E-state index in [2.05, 4.69) is 10.3 Å². The van der Waals surface area contributed by atoms with Crippen LogP contribution in [0.25, 0.3) is 11.3 Å². The zero-order valence-electron chi connectivity index (χ0n) is 24.8. The maximum absolute atomic E-state index is 15.2. The Morgan fingerprint density at radius 2 is 1.55 bits per heavy atom. The number of carbonyl (C=O) groups is 1. The van der Waals surface area contributed by atoms with Gasteiger partial charge >= 0.3 is 6.18 Å². The van der Waals surface area contributed by atoms with Crippen LogP contribution < -0.4 is 19.5 Å². The van der Waals surface area contributed by atoms with Crippen molar-refractivity contribution in [1.29, 1.82) is 0 Å². The molecule has 1 atom stereocenters. The predicted molar refractivity (Wildman–Crippen MR) is 160 cm³/mol. The van der Waals surface area contributed by atoms with Crippen LogP contribution in [-0.2, 0) is 21.6 Å². The Kier molecular flexibility index (Phi) is 9.85. The number of nitrogens with one attached hydrogen (secondary N) is 1. The highest BCUT2D eigenvalue weighted by Crippen LogP contribution is 2.47. The van der Waals surface area contributed by atoms with Crippen LogP contribution in [-0.4, -0.2) is 44.0 Å². The highest BCUT2D eigenvalue weighted by atomic mass is 32.1. The summed E-state index contributed by atoms with van der Waals surface area (Å²) in [4.78, 5) is 18.2. The highest BCUT2D eigenvalue weighted by Gasteiger charge is 2.64. The molecule has 0 aliphatic rings. The van der Waals surface area contributed by atoms with E-state index >= 15 is 13.2 Å². The predicted octanol–water partition coefficient (Wildman–Crippen LogP) is 7.80. The van der Waals surface area contributed by atoms with Crippen LogP contribution in [0, 0.1) is 5.82 Å². The number of rotatable bonds is 12. The maximum Gasteiger partial charge on any atom is 0.426 e. The third-order valence-electron chi connectivity index (χ3n) is 7.14. The van der Waals surface area contributed by atoms with Crippen LogP contribution in [0.4, 0.5) is 22.7 Å². The van der Waals surface area contributed by atoms with Crippen LogP contribution in [0.3, 0.4) is 0 Å². The molecule has 12 heteroatoms. The second kappa shape index (κ2) is 13.2. The van der Waals surface area contributed by atoms with Gasteiger partial charge in [0.15, 0.2) is 16.6 Å². The number of ether oxygens (including phenoxy) is 4. The van der Waals surface area contributed by atoms with Crippen molar-refractivity contribution in [2.24, 2.45) is 0 Å². The summed E-state index contributed by atoms with van der Waals surface area (Å²) in [6.45, 7) is 2.43. The third kappa shape index (κ3) is 6.97. The molecule has 1 unspecified atom stereocenters. The fourth-order valence-electron chi connectivity index (χ4n) is 4.87. The molecule has 0 aliphatic heterocycles. The average Bonchev–Trinajstić information content (AvgIpc) is 3.47. The molecule has 1 heterocycles. The summed E-state index contributed by atoms with van der Waals surface area (Å²) >= 11 is 0.952. The quantitative estimate of drug-likeness (QED) is 0.161. The first kappa shape index (κ1) is 32.7. The molecular formula is C32H32F4N2O5S. The number of hydrogen-bond acceptors (Lipinski definition) is 7. The Morgan fingerprint density at radius 3 is 2.18 bits per heavy atom.